The summed E-state index contributed by atoms with van der Waals surface area (Å²) >= 11 is 1.38. The smallest absolute Gasteiger partial charge is 0.280 e. The van der Waals surface area contributed by atoms with Crippen molar-refractivity contribution in [2.45, 2.75) is 38.4 Å². The summed E-state index contributed by atoms with van der Waals surface area (Å²) in [6.45, 7) is 4.04. The molecule has 0 saturated carbocycles. The average molecular weight is 509 g/mol. The maximum Gasteiger partial charge on any atom is 0.280 e. The molecular weight excluding hydrogens is 480 g/mol. The van der Waals surface area contributed by atoms with Crippen molar-refractivity contribution < 1.29 is 19.2 Å². The minimum atomic E-state index is -0.522. The molecule has 0 aliphatic carbocycles. The molecule has 0 radical (unpaired) electrons. The number of nitrogens with one attached hydrogen (secondary N) is 3. The zero-order chi connectivity index (χ0) is 25.4. The number of thiazole rings is 1. The Morgan fingerprint density at radius 3 is 2.67 bits per heavy atom. The van der Waals surface area contributed by atoms with E-state index in [0.717, 1.165) is 46.5 Å². The number of fused-ring (bicyclic) bond motifs is 2. The topological polar surface area (TPSA) is 128 Å². The van der Waals surface area contributed by atoms with Gasteiger partial charge in [0.1, 0.15) is 12.0 Å². The van der Waals surface area contributed by atoms with E-state index in [-0.39, 0.29) is 37.2 Å². The number of aryl methyl sites for hydroxylation is 1. The lowest BCUT2D eigenvalue weighted by Gasteiger charge is -2.20. The van der Waals surface area contributed by atoms with Crippen molar-refractivity contribution in [2.75, 3.05) is 26.7 Å². The highest BCUT2D eigenvalue weighted by molar-refractivity contribution is 7.13. The van der Waals surface area contributed by atoms with E-state index in [2.05, 4.69) is 25.5 Å². The van der Waals surface area contributed by atoms with Gasteiger partial charge >= 0.3 is 0 Å². The maximum absolute atomic E-state index is 13.1. The van der Waals surface area contributed by atoms with Crippen molar-refractivity contribution in [2.24, 2.45) is 0 Å². The summed E-state index contributed by atoms with van der Waals surface area (Å²) in [5.41, 5.74) is 3.29. The van der Waals surface area contributed by atoms with Crippen LogP contribution in [0.25, 0.3) is 10.9 Å². The minimum absolute atomic E-state index is 0.196. The summed E-state index contributed by atoms with van der Waals surface area (Å²) in [5, 5.41) is 7.25. The molecule has 3 N–H and O–H groups in total. The van der Waals surface area contributed by atoms with E-state index in [1.807, 2.05) is 32.2 Å². The number of rotatable bonds is 6. The molecular formula is C25H28N6O4S. The molecule has 10 nitrogen and oxygen atoms in total. The van der Waals surface area contributed by atoms with E-state index in [4.69, 9.17) is 0 Å². The average Bonchev–Trinajstić information content (AvgIpc) is 3.55. The second-order valence-corrected chi connectivity index (χ2v) is 10.6. The summed E-state index contributed by atoms with van der Waals surface area (Å²) in [6.07, 6.45) is 1.12. The predicted octanol–water partition coefficient (Wildman–Crippen LogP) is 1.25. The van der Waals surface area contributed by atoms with Crippen LogP contribution in [0.1, 0.15) is 42.8 Å². The van der Waals surface area contributed by atoms with Gasteiger partial charge in [0, 0.05) is 48.4 Å². The zero-order valence-electron chi connectivity index (χ0n) is 20.2. The van der Waals surface area contributed by atoms with E-state index in [1.165, 1.54) is 16.2 Å². The van der Waals surface area contributed by atoms with E-state index < -0.39 is 12.1 Å². The van der Waals surface area contributed by atoms with Crippen LogP contribution < -0.4 is 10.6 Å². The molecule has 3 aromatic rings. The molecule has 2 aliphatic heterocycles. The van der Waals surface area contributed by atoms with Gasteiger partial charge in [-0.3, -0.25) is 14.4 Å². The number of aromatic nitrogens is 2. The number of carbonyl (C=O) groups is 4. The molecule has 2 aromatic heterocycles. The first-order chi connectivity index (χ1) is 17.3. The Morgan fingerprint density at radius 1 is 1.17 bits per heavy atom. The third-order valence-electron chi connectivity index (χ3n) is 6.70. The summed E-state index contributed by atoms with van der Waals surface area (Å²) in [4.78, 5) is 61.9. The highest BCUT2D eigenvalue weighted by Crippen LogP contribution is 2.25. The number of aldehydes is 1. The Morgan fingerprint density at radius 2 is 1.92 bits per heavy atom. The summed E-state index contributed by atoms with van der Waals surface area (Å²) in [7, 11) is 2.04. The molecule has 1 saturated heterocycles. The number of hydrogen-bond donors (Lipinski definition) is 3. The first kappa shape index (κ1) is 24.1. The molecule has 4 heterocycles. The first-order valence-electron chi connectivity index (χ1n) is 11.9. The monoisotopic (exact) mass is 508 g/mol. The SMILES string of the molecule is Cc1ccc2[nH]c(C(=O)N[C@@H]3CN(C(=O)CC=O)C[C@H]3NC(=O)c3nc4c(s3)CN(C)CC4)cc2c1. The van der Waals surface area contributed by atoms with Gasteiger partial charge in [-0.15, -0.1) is 11.3 Å². The van der Waals surface area contributed by atoms with Crippen molar-refractivity contribution in [1.82, 2.24) is 30.4 Å². The van der Waals surface area contributed by atoms with Gasteiger partial charge in [0.25, 0.3) is 11.8 Å². The van der Waals surface area contributed by atoms with Gasteiger partial charge in [-0.2, -0.15) is 0 Å². The summed E-state index contributed by atoms with van der Waals surface area (Å²) in [5.74, 6) is -0.993. The number of aromatic amines is 1. The van der Waals surface area contributed by atoms with Gasteiger partial charge in [-0.25, -0.2) is 4.98 Å². The summed E-state index contributed by atoms with van der Waals surface area (Å²) < 4.78 is 0. The largest absolute Gasteiger partial charge is 0.351 e. The van der Waals surface area contributed by atoms with E-state index in [1.54, 1.807) is 6.07 Å². The molecule has 0 unspecified atom stereocenters. The molecule has 0 bridgehead atoms. The lowest BCUT2D eigenvalue weighted by atomic mass is 10.1. The second kappa shape index (κ2) is 9.82. The molecule has 1 aromatic carbocycles. The molecule has 188 valence electrons. The van der Waals surface area contributed by atoms with Gasteiger partial charge in [0.15, 0.2) is 5.01 Å². The lowest BCUT2D eigenvalue weighted by molar-refractivity contribution is -0.132. The van der Waals surface area contributed by atoms with Crippen LogP contribution in [0.5, 0.6) is 0 Å². The predicted molar refractivity (Wildman–Crippen MR) is 135 cm³/mol. The van der Waals surface area contributed by atoms with Crippen LogP contribution in [-0.2, 0) is 22.6 Å². The van der Waals surface area contributed by atoms with Gasteiger partial charge < -0.3 is 30.2 Å². The summed E-state index contributed by atoms with van der Waals surface area (Å²) in [6, 6.07) is 6.62. The van der Waals surface area contributed by atoms with Gasteiger partial charge in [0.2, 0.25) is 5.91 Å². The van der Waals surface area contributed by atoms with Gasteiger partial charge in [0.05, 0.1) is 24.2 Å². The van der Waals surface area contributed by atoms with Crippen molar-refractivity contribution in [1.29, 1.82) is 0 Å². The van der Waals surface area contributed by atoms with Crippen LogP contribution in [0.3, 0.4) is 0 Å². The van der Waals surface area contributed by atoms with E-state index in [9.17, 15) is 19.2 Å². The Bertz CT molecular complexity index is 1350. The normalized spacial score (nSPS) is 19.8. The van der Waals surface area contributed by atoms with E-state index in [0.29, 0.717) is 17.0 Å². The van der Waals surface area contributed by atoms with Crippen LogP contribution in [0.2, 0.25) is 0 Å². The first-order valence-corrected chi connectivity index (χ1v) is 12.7. The molecule has 3 amide bonds. The third kappa shape index (κ3) is 4.89. The number of benzene rings is 1. The van der Waals surface area contributed by atoms with Crippen LogP contribution in [0.15, 0.2) is 24.3 Å². The number of H-pyrrole nitrogens is 1. The molecule has 1 fully saturated rings. The maximum atomic E-state index is 13.1. The van der Waals surface area contributed by atoms with Crippen molar-refractivity contribution >= 4 is 46.2 Å². The van der Waals surface area contributed by atoms with Gasteiger partial charge in [-0.05, 0) is 32.2 Å². The van der Waals surface area contributed by atoms with E-state index >= 15 is 0 Å². The Hall–Kier alpha value is -3.57. The third-order valence-corrected chi connectivity index (χ3v) is 7.78. The van der Waals surface area contributed by atoms with Crippen LogP contribution in [0, 0.1) is 6.92 Å². The molecule has 2 atom stereocenters. The fourth-order valence-electron chi connectivity index (χ4n) is 4.77. The molecule has 36 heavy (non-hydrogen) atoms. The molecule has 11 heteroatoms. The molecule has 5 rings (SSSR count). The second-order valence-electron chi connectivity index (χ2n) is 9.48. The number of carbonyl (C=O) groups excluding carboxylic acids is 4. The fraction of sp³-hybridized carbons (Fsp3) is 0.400. The van der Waals surface area contributed by atoms with Crippen LogP contribution in [0.4, 0.5) is 0 Å². The quantitative estimate of drug-likeness (QED) is 0.340. The molecule has 0 spiro atoms. The number of likely N-dealkylation sites (N-methyl/N-ethyl adjacent to an activating group) is 1. The molecule has 2 aliphatic rings. The minimum Gasteiger partial charge on any atom is -0.351 e. The van der Waals surface area contributed by atoms with Crippen LogP contribution >= 0.6 is 11.3 Å². The highest BCUT2D eigenvalue weighted by atomic mass is 32.1. The fourth-order valence-corrected chi connectivity index (χ4v) is 5.86. The number of nitrogens with zero attached hydrogens (tertiary/aromatic N) is 3. The van der Waals surface area contributed by atoms with Crippen molar-refractivity contribution in [3.63, 3.8) is 0 Å². The number of hydrogen-bond acceptors (Lipinski definition) is 7. The standard InChI is InChI=1S/C25H28N6O4S/c1-14-3-4-16-15(9-14)10-18(26-16)23(34)27-19-11-31(22(33)6-8-32)12-20(19)28-24(35)25-29-17-5-7-30(2)13-21(17)36-25/h3-4,8-10,19-20,26H,5-7,11-13H2,1-2H3,(H,27,34)(H,28,35)/t19-,20-/m1/s1. The Labute approximate surface area is 212 Å². The van der Waals surface area contributed by atoms with Crippen molar-refractivity contribution in [3.05, 3.63) is 51.1 Å². The van der Waals surface area contributed by atoms with Crippen molar-refractivity contribution in [3.8, 4) is 0 Å². The van der Waals surface area contributed by atoms with Crippen LogP contribution in [-0.4, -0.2) is 82.5 Å². The zero-order valence-corrected chi connectivity index (χ0v) is 21.0. The van der Waals surface area contributed by atoms with Gasteiger partial charge in [-0.1, -0.05) is 11.6 Å². The Balaban J connectivity index is 1.33. The number of amides is 3. The Kier molecular flexibility index (Phi) is 6.59. The lowest BCUT2D eigenvalue weighted by Crippen LogP contribution is -2.51. The number of likely N-dealkylation sites (tertiary alicyclic amines) is 1. The highest BCUT2D eigenvalue weighted by Gasteiger charge is 2.38.